The number of likely N-dealkylation sites (tertiary alicyclic amines) is 1. The lowest BCUT2D eigenvalue weighted by Gasteiger charge is -2.28. The molecule has 1 atom stereocenters. The third-order valence-corrected chi connectivity index (χ3v) is 6.06. The summed E-state index contributed by atoms with van der Waals surface area (Å²) in [5.41, 5.74) is 2.43. The summed E-state index contributed by atoms with van der Waals surface area (Å²) in [5.74, 6) is -0.708. The Labute approximate surface area is 196 Å². The van der Waals surface area contributed by atoms with Crippen molar-refractivity contribution in [2.75, 3.05) is 32.8 Å². The van der Waals surface area contributed by atoms with Crippen LogP contribution in [0.3, 0.4) is 0 Å². The largest absolute Gasteiger partial charge is 0.507 e. The highest BCUT2D eigenvalue weighted by molar-refractivity contribution is 6.46. The molecule has 0 saturated carbocycles. The molecule has 2 aromatic rings. The minimum atomic E-state index is -0.674. The number of carbonyl (C=O) groups excluding carboxylic acids is 2. The molecule has 1 saturated heterocycles. The minimum Gasteiger partial charge on any atom is -0.507 e. The predicted octanol–water partition coefficient (Wildman–Crippen LogP) is 4.55. The Bertz CT molecular complexity index is 1010. The zero-order valence-electron chi connectivity index (χ0n) is 20.0. The van der Waals surface area contributed by atoms with Gasteiger partial charge >= 0.3 is 0 Å². The lowest BCUT2D eigenvalue weighted by atomic mass is 9.95. The Hall–Kier alpha value is -3.12. The molecule has 0 spiro atoms. The Morgan fingerprint density at radius 3 is 2.39 bits per heavy atom. The van der Waals surface area contributed by atoms with E-state index < -0.39 is 17.7 Å². The van der Waals surface area contributed by atoms with Crippen LogP contribution < -0.4 is 4.74 Å². The molecule has 6 heteroatoms. The molecule has 33 heavy (non-hydrogen) atoms. The highest BCUT2D eigenvalue weighted by Crippen LogP contribution is 2.40. The molecule has 1 N–H and O–H groups in total. The van der Waals surface area contributed by atoms with Crippen molar-refractivity contribution in [3.05, 3.63) is 70.8 Å². The molecule has 1 fully saturated rings. The van der Waals surface area contributed by atoms with Gasteiger partial charge in [-0.1, -0.05) is 62.7 Å². The molecule has 0 aliphatic carbocycles. The summed E-state index contributed by atoms with van der Waals surface area (Å²) in [7, 11) is 0. The summed E-state index contributed by atoms with van der Waals surface area (Å²) in [4.78, 5) is 30.1. The molecular formula is C27H34N2O4. The van der Waals surface area contributed by atoms with E-state index in [9.17, 15) is 14.7 Å². The highest BCUT2D eigenvalue weighted by Gasteiger charge is 2.46. The second-order valence-electron chi connectivity index (χ2n) is 8.31. The number of aliphatic hydroxyl groups excluding tert-OH is 1. The Kier molecular flexibility index (Phi) is 8.28. The van der Waals surface area contributed by atoms with Crippen LogP contribution in [0.15, 0.2) is 54.1 Å². The van der Waals surface area contributed by atoms with E-state index in [0.717, 1.165) is 30.6 Å². The normalized spacial score (nSPS) is 17.7. The molecule has 0 aromatic heterocycles. The van der Waals surface area contributed by atoms with Gasteiger partial charge in [-0.05, 0) is 44.1 Å². The first-order valence-corrected chi connectivity index (χ1v) is 11.7. The van der Waals surface area contributed by atoms with Crippen molar-refractivity contribution in [2.24, 2.45) is 0 Å². The fraction of sp³-hybridized carbons (Fsp3) is 0.407. The Balaban J connectivity index is 2.08. The van der Waals surface area contributed by atoms with Crippen LogP contribution in [0.25, 0.3) is 5.76 Å². The van der Waals surface area contributed by atoms with Crippen LogP contribution in [0.5, 0.6) is 5.75 Å². The summed E-state index contributed by atoms with van der Waals surface area (Å²) < 4.78 is 5.80. The van der Waals surface area contributed by atoms with Crippen molar-refractivity contribution in [3.63, 3.8) is 0 Å². The number of aliphatic hydroxyl groups is 1. The number of amides is 1. The molecule has 1 heterocycles. The van der Waals surface area contributed by atoms with Crippen LogP contribution in [0.2, 0.25) is 0 Å². The maximum Gasteiger partial charge on any atom is 0.295 e. The number of nitrogens with zero attached hydrogens (tertiary/aromatic N) is 2. The van der Waals surface area contributed by atoms with Crippen LogP contribution in [0.1, 0.15) is 49.9 Å². The first-order valence-electron chi connectivity index (χ1n) is 11.7. The second kappa shape index (κ2) is 11.1. The van der Waals surface area contributed by atoms with Gasteiger partial charge in [-0.15, -0.1) is 0 Å². The lowest BCUT2D eigenvalue weighted by Crippen LogP contribution is -2.38. The topological polar surface area (TPSA) is 70.1 Å². The van der Waals surface area contributed by atoms with Crippen LogP contribution in [0.4, 0.5) is 0 Å². The van der Waals surface area contributed by atoms with Crippen LogP contribution >= 0.6 is 0 Å². The van der Waals surface area contributed by atoms with E-state index in [1.807, 2.05) is 50.2 Å². The smallest absolute Gasteiger partial charge is 0.295 e. The van der Waals surface area contributed by atoms with Crippen LogP contribution in [-0.4, -0.2) is 59.4 Å². The van der Waals surface area contributed by atoms with Gasteiger partial charge in [0.25, 0.3) is 11.7 Å². The van der Waals surface area contributed by atoms with Gasteiger partial charge in [0.15, 0.2) is 0 Å². The van der Waals surface area contributed by atoms with E-state index in [2.05, 4.69) is 18.7 Å². The molecule has 0 radical (unpaired) electrons. The number of hydrogen-bond donors (Lipinski definition) is 1. The van der Waals surface area contributed by atoms with Gasteiger partial charge in [0, 0.05) is 18.7 Å². The number of likely N-dealkylation sites (N-methyl/N-ethyl adjacent to an activating group) is 1. The van der Waals surface area contributed by atoms with Crippen molar-refractivity contribution in [1.82, 2.24) is 9.80 Å². The molecular weight excluding hydrogens is 416 g/mol. The third kappa shape index (κ3) is 5.45. The van der Waals surface area contributed by atoms with E-state index in [1.54, 1.807) is 17.0 Å². The summed E-state index contributed by atoms with van der Waals surface area (Å²) >= 11 is 0. The summed E-state index contributed by atoms with van der Waals surface area (Å²) in [5, 5.41) is 11.2. The number of carbonyl (C=O) groups is 2. The molecule has 0 unspecified atom stereocenters. The van der Waals surface area contributed by atoms with E-state index in [0.29, 0.717) is 31.0 Å². The number of benzene rings is 2. The number of aryl methyl sites for hydroxylation is 1. The van der Waals surface area contributed by atoms with Crippen molar-refractivity contribution < 1.29 is 19.4 Å². The van der Waals surface area contributed by atoms with Gasteiger partial charge in [-0.3, -0.25) is 9.59 Å². The van der Waals surface area contributed by atoms with Crippen LogP contribution in [0, 0.1) is 6.92 Å². The van der Waals surface area contributed by atoms with Gasteiger partial charge in [0.1, 0.15) is 11.5 Å². The van der Waals surface area contributed by atoms with Crippen molar-refractivity contribution in [3.8, 4) is 5.75 Å². The average molecular weight is 451 g/mol. The summed E-state index contributed by atoms with van der Waals surface area (Å²) in [6.45, 7) is 11.5. The van der Waals surface area contributed by atoms with E-state index >= 15 is 0 Å². The molecule has 1 aliphatic heterocycles. The quantitative estimate of drug-likeness (QED) is 0.327. The first kappa shape index (κ1) is 24.5. The maximum absolute atomic E-state index is 13.2. The highest BCUT2D eigenvalue weighted by atomic mass is 16.5. The number of ketones is 1. The van der Waals surface area contributed by atoms with Gasteiger partial charge < -0.3 is 19.6 Å². The van der Waals surface area contributed by atoms with Gasteiger partial charge in [-0.2, -0.15) is 0 Å². The standard InChI is InChI=1S/C27H34N2O4/c1-5-17-33-22-10-8-9-21(18-22)24-23(25(30)20-13-11-19(4)12-14-20)26(31)27(32)29(24)16-15-28(6-2)7-3/h8-14,18,24,30H,5-7,15-17H2,1-4H3/t24-/m0/s1. The third-order valence-electron chi connectivity index (χ3n) is 6.06. The van der Waals surface area contributed by atoms with Crippen molar-refractivity contribution >= 4 is 17.4 Å². The fourth-order valence-electron chi connectivity index (χ4n) is 4.11. The molecule has 176 valence electrons. The summed E-state index contributed by atoms with van der Waals surface area (Å²) in [6.07, 6.45) is 0.875. The molecule has 0 bridgehead atoms. The summed E-state index contributed by atoms with van der Waals surface area (Å²) in [6, 6.07) is 14.1. The van der Waals surface area contributed by atoms with Crippen molar-refractivity contribution in [2.45, 2.75) is 40.2 Å². The zero-order chi connectivity index (χ0) is 24.0. The molecule has 1 amide bonds. The van der Waals surface area contributed by atoms with Gasteiger partial charge in [0.05, 0.1) is 18.2 Å². The average Bonchev–Trinajstić information content (AvgIpc) is 3.08. The van der Waals surface area contributed by atoms with Crippen LogP contribution in [-0.2, 0) is 9.59 Å². The van der Waals surface area contributed by atoms with Gasteiger partial charge in [0.2, 0.25) is 0 Å². The number of Topliss-reactive ketones (excluding diaryl/α,β-unsaturated/α-hetero) is 1. The van der Waals surface area contributed by atoms with Crippen molar-refractivity contribution in [1.29, 1.82) is 0 Å². The minimum absolute atomic E-state index is 0.121. The number of rotatable bonds is 10. The molecule has 3 rings (SSSR count). The predicted molar refractivity (Wildman–Crippen MR) is 130 cm³/mol. The van der Waals surface area contributed by atoms with E-state index in [4.69, 9.17) is 4.74 Å². The fourth-order valence-corrected chi connectivity index (χ4v) is 4.11. The monoisotopic (exact) mass is 450 g/mol. The van der Waals surface area contributed by atoms with E-state index in [-0.39, 0.29) is 11.3 Å². The first-order chi connectivity index (χ1) is 15.9. The molecule has 1 aliphatic rings. The lowest BCUT2D eigenvalue weighted by molar-refractivity contribution is -0.140. The van der Waals surface area contributed by atoms with E-state index in [1.165, 1.54) is 0 Å². The zero-order valence-corrected chi connectivity index (χ0v) is 20.0. The molecule has 6 nitrogen and oxygen atoms in total. The Morgan fingerprint density at radius 2 is 1.76 bits per heavy atom. The SMILES string of the molecule is CCCOc1cccc([C@H]2C(=C(O)c3ccc(C)cc3)C(=O)C(=O)N2CCN(CC)CC)c1. The number of ether oxygens (including phenoxy) is 1. The second-order valence-corrected chi connectivity index (χ2v) is 8.31. The number of hydrogen-bond acceptors (Lipinski definition) is 5. The molecule has 2 aromatic carbocycles. The van der Waals surface area contributed by atoms with Gasteiger partial charge in [-0.25, -0.2) is 0 Å². The Morgan fingerprint density at radius 1 is 1.06 bits per heavy atom. The maximum atomic E-state index is 13.2.